The van der Waals surface area contributed by atoms with Crippen molar-refractivity contribution in [2.24, 2.45) is 9.98 Å². The highest BCUT2D eigenvalue weighted by atomic mass is 35.5. The molecule has 2 amide bonds. The van der Waals surface area contributed by atoms with Gasteiger partial charge < -0.3 is 5.32 Å². The fourth-order valence-corrected chi connectivity index (χ4v) is 4.22. The largest absolute Gasteiger partial charge is 0.324 e. The maximum Gasteiger partial charge on any atom is 0.259 e. The number of benzene rings is 2. The fraction of sp³-hybridized carbons (Fsp3) is 0.238. The average Bonchev–Trinajstić information content (AvgIpc) is 3.05. The van der Waals surface area contributed by atoms with E-state index in [1.54, 1.807) is 29.2 Å². The van der Waals surface area contributed by atoms with E-state index in [9.17, 15) is 9.59 Å². The van der Waals surface area contributed by atoms with Gasteiger partial charge in [-0.2, -0.15) is 0 Å². The Hall–Kier alpha value is -2.64. The Bertz CT molecular complexity index is 1040. The number of carbonyl (C=O) groups is 2. The van der Waals surface area contributed by atoms with Gasteiger partial charge in [-0.15, -0.1) is 0 Å². The minimum absolute atomic E-state index is 0.0888. The van der Waals surface area contributed by atoms with Crippen LogP contribution in [0.15, 0.2) is 58.5 Å². The summed E-state index contributed by atoms with van der Waals surface area (Å²) in [4.78, 5) is 36.2. The van der Waals surface area contributed by atoms with E-state index in [1.807, 2.05) is 31.2 Å². The van der Waals surface area contributed by atoms with Crippen molar-refractivity contribution >= 4 is 57.6 Å². The van der Waals surface area contributed by atoms with Crippen LogP contribution in [0.2, 0.25) is 5.02 Å². The Balaban J connectivity index is 1.55. The van der Waals surface area contributed by atoms with Crippen molar-refractivity contribution in [1.82, 2.24) is 4.90 Å². The van der Waals surface area contributed by atoms with Crippen molar-refractivity contribution in [3.8, 4) is 0 Å². The normalized spacial score (nSPS) is 17.4. The highest BCUT2D eigenvalue weighted by Gasteiger charge is 2.40. The summed E-state index contributed by atoms with van der Waals surface area (Å²) in [6, 6.07) is 14.3. The zero-order valence-corrected chi connectivity index (χ0v) is 17.3. The molecular formula is C21H19ClN4O2S. The van der Waals surface area contributed by atoms with Gasteiger partial charge in [-0.05, 0) is 30.7 Å². The monoisotopic (exact) mass is 426 g/mol. The fourth-order valence-electron chi connectivity index (χ4n) is 3.24. The number of thioether (sulfide) groups is 1. The third kappa shape index (κ3) is 3.93. The molecule has 0 aliphatic carbocycles. The van der Waals surface area contributed by atoms with Crippen LogP contribution in [0, 0.1) is 0 Å². The molecule has 6 nitrogen and oxygen atoms in total. The van der Waals surface area contributed by atoms with Crippen molar-refractivity contribution in [3.05, 3.63) is 59.1 Å². The van der Waals surface area contributed by atoms with E-state index in [1.165, 1.54) is 11.8 Å². The number of para-hydroxylation sites is 2. The predicted molar refractivity (Wildman–Crippen MR) is 118 cm³/mol. The molecule has 0 bridgehead atoms. The highest BCUT2D eigenvalue weighted by molar-refractivity contribution is 8.14. The highest BCUT2D eigenvalue weighted by Crippen LogP contribution is 2.34. The van der Waals surface area contributed by atoms with Gasteiger partial charge in [-0.1, -0.05) is 61.0 Å². The number of carbonyl (C=O) groups excluding carboxylic acids is 2. The smallest absolute Gasteiger partial charge is 0.259 e. The summed E-state index contributed by atoms with van der Waals surface area (Å²) in [6.07, 6.45) is 1.55. The van der Waals surface area contributed by atoms with Crippen LogP contribution in [0.4, 0.5) is 11.4 Å². The van der Waals surface area contributed by atoms with Crippen molar-refractivity contribution < 1.29 is 9.59 Å². The molecule has 0 saturated heterocycles. The molecule has 2 heterocycles. The van der Waals surface area contributed by atoms with Gasteiger partial charge >= 0.3 is 0 Å². The lowest BCUT2D eigenvalue weighted by Gasteiger charge is -2.25. The number of amides is 2. The van der Waals surface area contributed by atoms with Gasteiger partial charge in [0.1, 0.15) is 11.9 Å². The minimum Gasteiger partial charge on any atom is -0.324 e. The minimum atomic E-state index is -0.399. The molecule has 148 valence electrons. The van der Waals surface area contributed by atoms with E-state index in [4.69, 9.17) is 11.6 Å². The lowest BCUT2D eigenvalue weighted by molar-refractivity contribution is -0.124. The molecule has 2 aliphatic rings. The van der Waals surface area contributed by atoms with Crippen LogP contribution >= 0.6 is 23.4 Å². The number of hydrogen-bond acceptors (Lipinski definition) is 5. The first-order valence-electron chi connectivity index (χ1n) is 9.35. The molecule has 2 aromatic carbocycles. The van der Waals surface area contributed by atoms with E-state index < -0.39 is 6.04 Å². The number of aliphatic imine (C=N–C) groups is 2. The van der Waals surface area contributed by atoms with Crippen molar-refractivity contribution in [2.75, 3.05) is 11.1 Å². The number of fused-ring (bicyclic) bond motifs is 3. The van der Waals surface area contributed by atoms with Gasteiger partial charge in [0.25, 0.3) is 5.91 Å². The first-order chi connectivity index (χ1) is 14.1. The van der Waals surface area contributed by atoms with Gasteiger partial charge in [0, 0.05) is 5.56 Å². The van der Waals surface area contributed by atoms with E-state index in [0.29, 0.717) is 28.1 Å². The average molecular weight is 427 g/mol. The summed E-state index contributed by atoms with van der Waals surface area (Å²) in [5.41, 5.74) is 2.14. The van der Waals surface area contributed by atoms with E-state index in [-0.39, 0.29) is 17.6 Å². The third-order valence-electron chi connectivity index (χ3n) is 4.59. The molecule has 0 saturated carbocycles. The molecule has 0 aromatic heterocycles. The zero-order valence-electron chi connectivity index (χ0n) is 15.8. The van der Waals surface area contributed by atoms with Gasteiger partial charge in [0.2, 0.25) is 5.91 Å². The Morgan fingerprint density at radius 3 is 2.76 bits per heavy atom. The standard InChI is InChI=1S/C21H19ClN4O2S/c1-2-7-17-20(28)26-19(24-17)13-8-3-5-10-15(13)25-21(26)29-12-18(27)23-16-11-6-4-9-14(16)22/h3-6,8-11,17H,2,7,12H2,1H3,(H,23,27)/t17-/m0/s1. The maximum absolute atomic E-state index is 12.9. The lowest BCUT2D eigenvalue weighted by Crippen LogP contribution is -2.41. The number of amidine groups is 2. The van der Waals surface area contributed by atoms with Crippen LogP contribution in [0.3, 0.4) is 0 Å². The number of rotatable bonds is 5. The molecule has 0 fully saturated rings. The zero-order chi connectivity index (χ0) is 20.4. The van der Waals surface area contributed by atoms with Crippen LogP contribution in [0.25, 0.3) is 0 Å². The molecule has 0 spiro atoms. The summed E-state index contributed by atoms with van der Waals surface area (Å²) in [6.45, 7) is 2.03. The van der Waals surface area contributed by atoms with E-state index in [0.717, 1.165) is 17.7 Å². The summed E-state index contributed by atoms with van der Waals surface area (Å²) < 4.78 is 0. The first kappa shape index (κ1) is 19.7. The summed E-state index contributed by atoms with van der Waals surface area (Å²) in [5, 5.41) is 3.73. The quantitative estimate of drug-likeness (QED) is 0.766. The molecule has 2 aromatic rings. The molecule has 4 rings (SSSR count). The number of nitrogens with one attached hydrogen (secondary N) is 1. The second kappa shape index (κ2) is 8.39. The van der Waals surface area contributed by atoms with Crippen LogP contribution < -0.4 is 5.32 Å². The van der Waals surface area contributed by atoms with Crippen molar-refractivity contribution in [1.29, 1.82) is 0 Å². The van der Waals surface area contributed by atoms with Crippen LogP contribution in [0.1, 0.15) is 25.3 Å². The Kier molecular flexibility index (Phi) is 5.69. The molecule has 2 aliphatic heterocycles. The molecule has 8 heteroatoms. The van der Waals surface area contributed by atoms with E-state index in [2.05, 4.69) is 15.3 Å². The lowest BCUT2D eigenvalue weighted by atomic mass is 10.1. The van der Waals surface area contributed by atoms with Crippen LogP contribution in [-0.2, 0) is 9.59 Å². The third-order valence-corrected chi connectivity index (χ3v) is 5.86. The van der Waals surface area contributed by atoms with Gasteiger partial charge in [0.15, 0.2) is 5.17 Å². The van der Waals surface area contributed by atoms with Crippen LogP contribution in [-0.4, -0.2) is 39.5 Å². The maximum atomic E-state index is 12.9. The van der Waals surface area contributed by atoms with Crippen molar-refractivity contribution in [2.45, 2.75) is 25.8 Å². The Morgan fingerprint density at radius 2 is 1.97 bits per heavy atom. The number of nitrogens with zero attached hydrogens (tertiary/aromatic N) is 3. The number of hydrogen-bond donors (Lipinski definition) is 1. The van der Waals surface area contributed by atoms with Crippen molar-refractivity contribution in [3.63, 3.8) is 0 Å². The van der Waals surface area contributed by atoms with Gasteiger partial charge in [-0.25, -0.2) is 9.89 Å². The summed E-state index contributed by atoms with van der Waals surface area (Å²) in [5.74, 6) is 0.406. The SMILES string of the molecule is CCC[C@@H]1N=C2c3ccccc3N=C(SCC(=O)Nc3ccccc3Cl)N2C1=O. The summed E-state index contributed by atoms with van der Waals surface area (Å²) >= 11 is 7.31. The number of anilines is 1. The molecule has 0 unspecified atom stereocenters. The second-order valence-corrected chi connectivity index (χ2v) is 8.01. The van der Waals surface area contributed by atoms with Gasteiger partial charge in [-0.3, -0.25) is 14.6 Å². The summed E-state index contributed by atoms with van der Waals surface area (Å²) in [7, 11) is 0. The first-order valence-corrected chi connectivity index (χ1v) is 10.7. The topological polar surface area (TPSA) is 74.1 Å². The molecule has 1 N–H and O–H groups in total. The Labute approximate surface area is 178 Å². The Morgan fingerprint density at radius 1 is 1.21 bits per heavy atom. The molecular weight excluding hydrogens is 408 g/mol. The molecule has 29 heavy (non-hydrogen) atoms. The second-order valence-electron chi connectivity index (χ2n) is 6.66. The van der Waals surface area contributed by atoms with Crippen LogP contribution in [0.5, 0.6) is 0 Å². The molecule has 0 radical (unpaired) electrons. The number of halogens is 1. The predicted octanol–water partition coefficient (Wildman–Crippen LogP) is 4.47. The molecule has 1 atom stereocenters. The van der Waals surface area contributed by atoms with Gasteiger partial charge in [0.05, 0.1) is 22.2 Å². The van der Waals surface area contributed by atoms with E-state index >= 15 is 0 Å².